The van der Waals surface area contributed by atoms with E-state index >= 15 is 0 Å². The first kappa shape index (κ1) is 15.0. The number of hydrogen-bond acceptors (Lipinski definition) is 7. The summed E-state index contributed by atoms with van der Waals surface area (Å²) in [6, 6.07) is -0.0567. The van der Waals surface area contributed by atoms with E-state index in [1.165, 1.54) is 11.5 Å². The zero-order valence-electron chi connectivity index (χ0n) is 12.3. The predicted molar refractivity (Wildman–Crippen MR) is 78.1 cm³/mol. The SMILES string of the molecule is CCn1ncnc1CC(NN)c1snnc1C(C)(C)C. The molecule has 0 saturated heterocycles. The highest BCUT2D eigenvalue weighted by Gasteiger charge is 2.27. The van der Waals surface area contributed by atoms with Crippen LogP contribution in [-0.4, -0.2) is 24.4 Å². The Balaban J connectivity index is 2.28. The highest BCUT2D eigenvalue weighted by Crippen LogP contribution is 2.31. The summed E-state index contributed by atoms with van der Waals surface area (Å²) in [4.78, 5) is 5.36. The molecule has 1 atom stereocenters. The van der Waals surface area contributed by atoms with Crippen LogP contribution in [0.25, 0.3) is 0 Å². The molecule has 0 bridgehead atoms. The van der Waals surface area contributed by atoms with E-state index in [-0.39, 0.29) is 11.5 Å². The maximum Gasteiger partial charge on any atom is 0.138 e. The van der Waals surface area contributed by atoms with Gasteiger partial charge in [0, 0.05) is 18.4 Å². The lowest BCUT2D eigenvalue weighted by Gasteiger charge is -2.21. The van der Waals surface area contributed by atoms with Gasteiger partial charge in [-0.25, -0.2) is 4.98 Å². The minimum absolute atomic E-state index is 0.0567. The number of rotatable bonds is 5. The second-order valence-electron chi connectivity index (χ2n) is 5.65. The van der Waals surface area contributed by atoms with Crippen LogP contribution < -0.4 is 11.3 Å². The van der Waals surface area contributed by atoms with E-state index in [1.54, 1.807) is 6.33 Å². The summed E-state index contributed by atoms with van der Waals surface area (Å²) in [6.45, 7) is 9.19. The van der Waals surface area contributed by atoms with Crippen molar-refractivity contribution in [1.82, 2.24) is 29.8 Å². The molecule has 0 fully saturated rings. The van der Waals surface area contributed by atoms with Crippen LogP contribution in [0.4, 0.5) is 0 Å². The van der Waals surface area contributed by atoms with Crippen LogP contribution in [0.1, 0.15) is 50.1 Å². The molecule has 2 aromatic heterocycles. The maximum absolute atomic E-state index is 5.73. The summed E-state index contributed by atoms with van der Waals surface area (Å²) in [6.07, 6.45) is 2.24. The van der Waals surface area contributed by atoms with Gasteiger partial charge in [0.1, 0.15) is 12.2 Å². The Morgan fingerprint density at radius 3 is 2.80 bits per heavy atom. The van der Waals surface area contributed by atoms with Crippen molar-refractivity contribution >= 4 is 11.5 Å². The van der Waals surface area contributed by atoms with Crippen molar-refractivity contribution < 1.29 is 0 Å². The van der Waals surface area contributed by atoms with E-state index in [2.05, 4.69) is 45.9 Å². The first-order chi connectivity index (χ1) is 9.47. The molecular formula is C12H21N7S. The Kier molecular flexibility index (Phi) is 4.46. The number of aromatic nitrogens is 5. The lowest BCUT2D eigenvalue weighted by molar-refractivity contribution is 0.493. The largest absolute Gasteiger partial charge is 0.271 e. The molecule has 8 heteroatoms. The monoisotopic (exact) mass is 295 g/mol. The molecule has 0 amide bonds. The third-order valence-corrected chi connectivity index (χ3v) is 3.96. The van der Waals surface area contributed by atoms with Gasteiger partial charge in [-0.1, -0.05) is 25.3 Å². The fourth-order valence-corrected chi connectivity index (χ4v) is 2.99. The third kappa shape index (κ3) is 3.02. The molecule has 7 nitrogen and oxygen atoms in total. The number of nitrogens with zero attached hydrogens (tertiary/aromatic N) is 5. The zero-order chi connectivity index (χ0) is 14.8. The van der Waals surface area contributed by atoms with E-state index in [4.69, 9.17) is 5.84 Å². The first-order valence-corrected chi connectivity index (χ1v) is 7.40. The number of nitrogens with two attached hydrogens (primary N) is 1. The van der Waals surface area contributed by atoms with E-state index in [9.17, 15) is 0 Å². The molecule has 0 saturated carbocycles. The first-order valence-electron chi connectivity index (χ1n) is 6.63. The maximum atomic E-state index is 5.73. The quantitative estimate of drug-likeness (QED) is 0.635. The van der Waals surface area contributed by atoms with Gasteiger partial charge in [0.15, 0.2) is 0 Å². The van der Waals surface area contributed by atoms with Crippen LogP contribution in [-0.2, 0) is 18.4 Å². The van der Waals surface area contributed by atoms with Gasteiger partial charge in [-0.15, -0.1) is 5.10 Å². The topological polar surface area (TPSA) is 94.5 Å². The Morgan fingerprint density at radius 1 is 1.45 bits per heavy atom. The average Bonchev–Trinajstić information content (AvgIpc) is 3.03. The zero-order valence-corrected chi connectivity index (χ0v) is 13.1. The second kappa shape index (κ2) is 5.94. The van der Waals surface area contributed by atoms with E-state index in [0.717, 1.165) is 22.9 Å². The Morgan fingerprint density at radius 2 is 2.20 bits per heavy atom. The highest BCUT2D eigenvalue weighted by atomic mass is 32.1. The Labute approximate surface area is 122 Å². The number of hydrazine groups is 1. The minimum atomic E-state index is -0.0597. The standard InChI is InChI=1S/C12H21N7S/c1-5-19-9(14-7-15-19)6-8(16-13)10-11(12(2,3)4)17-18-20-10/h7-8,16H,5-6,13H2,1-4H3. The van der Waals surface area contributed by atoms with Crippen LogP contribution in [0.3, 0.4) is 0 Å². The molecule has 2 rings (SSSR count). The van der Waals surface area contributed by atoms with Crippen molar-refractivity contribution in [3.05, 3.63) is 22.7 Å². The van der Waals surface area contributed by atoms with Crippen LogP contribution in [0.2, 0.25) is 0 Å². The highest BCUT2D eigenvalue weighted by molar-refractivity contribution is 7.05. The smallest absolute Gasteiger partial charge is 0.138 e. The van der Waals surface area contributed by atoms with Crippen molar-refractivity contribution in [2.75, 3.05) is 0 Å². The van der Waals surface area contributed by atoms with Gasteiger partial charge in [-0.2, -0.15) is 5.10 Å². The van der Waals surface area contributed by atoms with E-state index < -0.39 is 0 Å². The lowest BCUT2D eigenvalue weighted by Crippen LogP contribution is -2.31. The third-order valence-electron chi connectivity index (χ3n) is 3.12. The molecule has 1 unspecified atom stereocenters. The van der Waals surface area contributed by atoms with Gasteiger partial charge in [0.2, 0.25) is 0 Å². The van der Waals surface area contributed by atoms with Crippen LogP contribution in [0, 0.1) is 0 Å². The van der Waals surface area contributed by atoms with Gasteiger partial charge < -0.3 is 0 Å². The van der Waals surface area contributed by atoms with Gasteiger partial charge in [0.25, 0.3) is 0 Å². The van der Waals surface area contributed by atoms with Crippen LogP contribution >= 0.6 is 11.5 Å². The molecule has 0 aliphatic heterocycles. The molecule has 0 aromatic carbocycles. The van der Waals surface area contributed by atoms with Crippen molar-refractivity contribution in [3.63, 3.8) is 0 Å². The Hall–Kier alpha value is -1.38. The molecule has 0 spiro atoms. The van der Waals surface area contributed by atoms with Crippen molar-refractivity contribution in [1.29, 1.82) is 0 Å². The average molecular weight is 295 g/mol. The van der Waals surface area contributed by atoms with E-state index in [0.29, 0.717) is 6.42 Å². The Bertz CT molecular complexity index is 554. The van der Waals surface area contributed by atoms with Gasteiger partial charge in [-0.05, 0) is 18.5 Å². The lowest BCUT2D eigenvalue weighted by atomic mass is 9.89. The number of aryl methyl sites for hydroxylation is 1. The molecule has 0 aliphatic carbocycles. The van der Waals surface area contributed by atoms with Gasteiger partial charge in [-0.3, -0.25) is 16.0 Å². The fraction of sp³-hybridized carbons (Fsp3) is 0.667. The molecule has 2 aromatic rings. The number of nitrogens with one attached hydrogen (secondary N) is 1. The molecular weight excluding hydrogens is 274 g/mol. The minimum Gasteiger partial charge on any atom is -0.271 e. The van der Waals surface area contributed by atoms with Crippen molar-refractivity contribution in [2.45, 2.75) is 52.1 Å². The molecule has 0 aliphatic rings. The summed E-state index contributed by atoms with van der Waals surface area (Å²) >= 11 is 1.38. The summed E-state index contributed by atoms with van der Waals surface area (Å²) in [7, 11) is 0. The van der Waals surface area contributed by atoms with Crippen molar-refractivity contribution in [2.24, 2.45) is 5.84 Å². The molecule has 2 heterocycles. The molecule has 3 N–H and O–H groups in total. The van der Waals surface area contributed by atoms with E-state index in [1.807, 2.05) is 11.6 Å². The van der Waals surface area contributed by atoms with Gasteiger partial charge in [0.05, 0.1) is 16.6 Å². The summed E-state index contributed by atoms with van der Waals surface area (Å²) in [5.41, 5.74) is 3.78. The molecule has 110 valence electrons. The summed E-state index contributed by atoms with van der Waals surface area (Å²) in [5.74, 6) is 6.63. The summed E-state index contributed by atoms with van der Waals surface area (Å²) < 4.78 is 5.95. The van der Waals surface area contributed by atoms with Crippen molar-refractivity contribution in [3.8, 4) is 0 Å². The van der Waals surface area contributed by atoms with Crippen LogP contribution in [0.15, 0.2) is 6.33 Å². The van der Waals surface area contributed by atoms with Crippen LogP contribution in [0.5, 0.6) is 0 Å². The fourth-order valence-electron chi connectivity index (χ4n) is 2.07. The summed E-state index contributed by atoms with van der Waals surface area (Å²) in [5, 5.41) is 8.44. The second-order valence-corrected chi connectivity index (χ2v) is 6.44. The number of hydrogen-bond donors (Lipinski definition) is 2. The predicted octanol–water partition coefficient (Wildman–Crippen LogP) is 1.19. The molecule has 0 radical (unpaired) electrons. The molecule has 20 heavy (non-hydrogen) atoms. The van der Waals surface area contributed by atoms with Gasteiger partial charge >= 0.3 is 0 Å². The normalized spacial score (nSPS) is 13.7.